The van der Waals surface area contributed by atoms with Crippen molar-refractivity contribution in [2.75, 3.05) is 24.7 Å². The molecular formula is C18H20ClN3O2. The van der Waals surface area contributed by atoms with Crippen LogP contribution in [0, 0.1) is 0 Å². The smallest absolute Gasteiger partial charge is 0.253 e. The number of ether oxygens (including phenoxy) is 1. The van der Waals surface area contributed by atoms with E-state index in [0.29, 0.717) is 18.3 Å². The molecule has 0 aliphatic carbocycles. The molecule has 1 fully saturated rings. The standard InChI is InChI=1S/C18H20ClN3O2/c1-18(2,3)14-8-13(22-6-7-24-11-16(22)23)10-21-17(14)12-4-5-15(19)20-9-12/h4-5,8-10H,6-7,11H2,1-3H3. The van der Waals surface area contributed by atoms with E-state index in [4.69, 9.17) is 16.3 Å². The van der Waals surface area contributed by atoms with Crippen LogP contribution in [-0.4, -0.2) is 35.6 Å². The van der Waals surface area contributed by atoms with Crippen LogP contribution in [0.15, 0.2) is 30.6 Å². The van der Waals surface area contributed by atoms with Crippen LogP contribution in [0.5, 0.6) is 0 Å². The van der Waals surface area contributed by atoms with Gasteiger partial charge in [-0.2, -0.15) is 0 Å². The van der Waals surface area contributed by atoms with E-state index in [1.54, 1.807) is 23.4 Å². The Morgan fingerprint density at radius 3 is 2.62 bits per heavy atom. The van der Waals surface area contributed by atoms with E-state index in [2.05, 4.69) is 30.7 Å². The number of morpholine rings is 1. The zero-order chi connectivity index (χ0) is 17.3. The van der Waals surface area contributed by atoms with Crippen molar-refractivity contribution in [3.05, 3.63) is 41.3 Å². The Bertz CT molecular complexity index is 754. The first-order chi connectivity index (χ1) is 11.4. The van der Waals surface area contributed by atoms with Crippen LogP contribution in [0.1, 0.15) is 26.3 Å². The topological polar surface area (TPSA) is 55.3 Å². The van der Waals surface area contributed by atoms with Crippen molar-refractivity contribution in [2.45, 2.75) is 26.2 Å². The molecule has 1 amide bonds. The number of nitrogens with zero attached hydrogens (tertiary/aromatic N) is 3. The molecule has 0 saturated carbocycles. The van der Waals surface area contributed by atoms with Gasteiger partial charge in [-0.1, -0.05) is 32.4 Å². The highest BCUT2D eigenvalue weighted by Crippen LogP contribution is 2.34. The van der Waals surface area contributed by atoms with Crippen molar-refractivity contribution in [3.63, 3.8) is 0 Å². The Balaban J connectivity index is 2.07. The van der Waals surface area contributed by atoms with Gasteiger partial charge in [-0.3, -0.25) is 9.78 Å². The fraction of sp³-hybridized carbons (Fsp3) is 0.389. The fourth-order valence-corrected chi connectivity index (χ4v) is 2.82. The normalized spacial score (nSPS) is 15.7. The van der Waals surface area contributed by atoms with Crippen LogP contribution in [-0.2, 0) is 14.9 Å². The molecule has 3 heterocycles. The third kappa shape index (κ3) is 3.42. The van der Waals surface area contributed by atoms with Gasteiger partial charge in [-0.15, -0.1) is 0 Å². The number of rotatable bonds is 2. The summed E-state index contributed by atoms with van der Waals surface area (Å²) in [6.45, 7) is 7.59. The Labute approximate surface area is 146 Å². The van der Waals surface area contributed by atoms with Crippen LogP contribution >= 0.6 is 11.6 Å². The third-order valence-corrected chi connectivity index (χ3v) is 4.20. The highest BCUT2D eigenvalue weighted by atomic mass is 35.5. The lowest BCUT2D eigenvalue weighted by Crippen LogP contribution is -2.41. The van der Waals surface area contributed by atoms with Crippen LogP contribution in [0.25, 0.3) is 11.3 Å². The Morgan fingerprint density at radius 1 is 1.21 bits per heavy atom. The van der Waals surface area contributed by atoms with E-state index in [1.807, 2.05) is 12.1 Å². The van der Waals surface area contributed by atoms with E-state index in [0.717, 1.165) is 22.5 Å². The number of anilines is 1. The summed E-state index contributed by atoms with van der Waals surface area (Å²) in [7, 11) is 0. The van der Waals surface area contributed by atoms with Crippen molar-refractivity contribution in [1.29, 1.82) is 0 Å². The maximum Gasteiger partial charge on any atom is 0.253 e. The minimum absolute atomic E-state index is 0.0381. The van der Waals surface area contributed by atoms with Crippen LogP contribution in [0.3, 0.4) is 0 Å². The van der Waals surface area contributed by atoms with E-state index < -0.39 is 0 Å². The van der Waals surface area contributed by atoms with Gasteiger partial charge < -0.3 is 9.64 Å². The van der Waals surface area contributed by atoms with Crippen molar-refractivity contribution in [3.8, 4) is 11.3 Å². The zero-order valence-electron chi connectivity index (χ0n) is 14.0. The number of hydrogen-bond donors (Lipinski definition) is 0. The predicted molar refractivity (Wildman–Crippen MR) is 94.4 cm³/mol. The number of pyridine rings is 2. The van der Waals surface area contributed by atoms with E-state index >= 15 is 0 Å². The molecule has 2 aromatic rings. The second kappa shape index (κ2) is 6.49. The summed E-state index contributed by atoms with van der Waals surface area (Å²) in [5, 5.41) is 0.451. The molecule has 0 N–H and O–H groups in total. The van der Waals surface area contributed by atoms with Gasteiger partial charge in [0.05, 0.1) is 24.2 Å². The summed E-state index contributed by atoms with van der Waals surface area (Å²) in [5.41, 5.74) is 3.50. The molecule has 1 aliphatic heterocycles. The van der Waals surface area contributed by atoms with Gasteiger partial charge in [0.1, 0.15) is 11.8 Å². The Morgan fingerprint density at radius 2 is 2.00 bits per heavy atom. The number of carbonyl (C=O) groups excluding carboxylic acids is 1. The minimum Gasteiger partial charge on any atom is -0.370 e. The summed E-state index contributed by atoms with van der Waals surface area (Å²) in [6, 6.07) is 5.71. The molecule has 6 heteroatoms. The van der Waals surface area contributed by atoms with Gasteiger partial charge in [0.2, 0.25) is 0 Å². The molecular weight excluding hydrogens is 326 g/mol. The fourth-order valence-electron chi connectivity index (χ4n) is 2.71. The molecule has 1 aliphatic rings. The predicted octanol–water partition coefficient (Wildman–Crippen LogP) is 3.46. The van der Waals surface area contributed by atoms with Gasteiger partial charge in [0.15, 0.2) is 0 Å². The van der Waals surface area contributed by atoms with Crippen molar-refractivity contribution in [2.24, 2.45) is 0 Å². The molecule has 0 unspecified atom stereocenters. The lowest BCUT2D eigenvalue weighted by atomic mass is 9.84. The Hall–Kier alpha value is -1.98. The largest absolute Gasteiger partial charge is 0.370 e. The molecule has 5 nitrogen and oxygen atoms in total. The quantitative estimate of drug-likeness (QED) is 0.782. The number of carbonyl (C=O) groups is 1. The minimum atomic E-state index is -0.132. The molecule has 0 aromatic carbocycles. The zero-order valence-corrected chi connectivity index (χ0v) is 14.8. The van der Waals surface area contributed by atoms with Crippen molar-refractivity contribution in [1.82, 2.24) is 9.97 Å². The molecule has 2 aromatic heterocycles. The molecule has 0 bridgehead atoms. The number of amides is 1. The first kappa shape index (κ1) is 16.9. The maximum absolute atomic E-state index is 12.1. The summed E-state index contributed by atoms with van der Waals surface area (Å²) in [6.07, 6.45) is 3.46. The average Bonchev–Trinajstić information content (AvgIpc) is 2.55. The van der Waals surface area contributed by atoms with Gasteiger partial charge in [-0.25, -0.2) is 4.98 Å². The van der Waals surface area contributed by atoms with Crippen molar-refractivity contribution >= 4 is 23.2 Å². The van der Waals surface area contributed by atoms with Gasteiger partial charge in [0.25, 0.3) is 5.91 Å². The highest BCUT2D eigenvalue weighted by Gasteiger charge is 2.25. The molecule has 3 rings (SSSR count). The first-order valence-electron chi connectivity index (χ1n) is 7.87. The number of halogens is 1. The third-order valence-electron chi connectivity index (χ3n) is 3.98. The van der Waals surface area contributed by atoms with Gasteiger partial charge in [-0.05, 0) is 29.2 Å². The van der Waals surface area contributed by atoms with Crippen LogP contribution in [0.2, 0.25) is 5.15 Å². The molecule has 24 heavy (non-hydrogen) atoms. The molecule has 0 atom stereocenters. The SMILES string of the molecule is CC(C)(C)c1cc(N2CCOCC2=O)cnc1-c1ccc(Cl)nc1. The van der Waals surface area contributed by atoms with Crippen LogP contribution in [0.4, 0.5) is 5.69 Å². The summed E-state index contributed by atoms with van der Waals surface area (Å²) in [5.74, 6) is -0.0381. The monoisotopic (exact) mass is 345 g/mol. The summed E-state index contributed by atoms with van der Waals surface area (Å²) in [4.78, 5) is 22.6. The molecule has 0 radical (unpaired) electrons. The second-order valence-corrected chi connectivity index (χ2v) is 7.19. The first-order valence-corrected chi connectivity index (χ1v) is 8.24. The van der Waals surface area contributed by atoms with E-state index in [9.17, 15) is 4.79 Å². The van der Waals surface area contributed by atoms with Crippen LogP contribution < -0.4 is 4.90 Å². The van der Waals surface area contributed by atoms with Crippen molar-refractivity contribution < 1.29 is 9.53 Å². The molecule has 1 saturated heterocycles. The summed E-state index contributed by atoms with van der Waals surface area (Å²) < 4.78 is 5.20. The number of hydrogen-bond acceptors (Lipinski definition) is 4. The van der Waals surface area contributed by atoms with Gasteiger partial charge in [0, 0.05) is 18.3 Å². The molecule has 0 spiro atoms. The van der Waals surface area contributed by atoms with E-state index in [1.165, 1.54) is 0 Å². The lowest BCUT2D eigenvalue weighted by Gasteiger charge is -2.29. The lowest BCUT2D eigenvalue weighted by molar-refractivity contribution is -0.125. The Kier molecular flexibility index (Phi) is 4.56. The van der Waals surface area contributed by atoms with E-state index in [-0.39, 0.29) is 17.9 Å². The average molecular weight is 346 g/mol. The molecule has 126 valence electrons. The highest BCUT2D eigenvalue weighted by molar-refractivity contribution is 6.29. The maximum atomic E-state index is 12.1. The second-order valence-electron chi connectivity index (χ2n) is 6.81. The number of aromatic nitrogens is 2. The summed E-state index contributed by atoms with van der Waals surface area (Å²) >= 11 is 5.88. The van der Waals surface area contributed by atoms with Gasteiger partial charge >= 0.3 is 0 Å².